The van der Waals surface area contributed by atoms with Crippen molar-refractivity contribution < 1.29 is 32.2 Å². The summed E-state index contributed by atoms with van der Waals surface area (Å²) in [5, 5.41) is 5.73. The number of amides is 1. The van der Waals surface area contributed by atoms with Gasteiger partial charge in [-0.25, -0.2) is 0 Å². The van der Waals surface area contributed by atoms with Gasteiger partial charge in [0.2, 0.25) is 5.91 Å². The maximum absolute atomic E-state index is 13.2. The molecule has 0 fully saturated rings. The van der Waals surface area contributed by atoms with Gasteiger partial charge in [0, 0.05) is 7.11 Å². The van der Waals surface area contributed by atoms with E-state index in [0.717, 1.165) is 23.3 Å². The van der Waals surface area contributed by atoms with Gasteiger partial charge in [0.05, 0.1) is 37.6 Å². The molecular formula is C26H27F3N2O4. The average Bonchev–Trinajstić information content (AvgIpc) is 2.86. The standard InChI is InChI=1S/C26H27F3N2O4/c1-33-14-15-35-23-13-10-20(26(27,28)29)16-22(23)30-17-24(32)31-25(18-6-4-3-5-7-18)19-8-11-21(34-2)12-9-19/h3-13,16,25,30H,14-15,17H2,1-2H3,(H,31,32)/t25-/m1/s1. The first kappa shape index (κ1) is 25.9. The summed E-state index contributed by atoms with van der Waals surface area (Å²) < 4.78 is 55.3. The third kappa shape index (κ3) is 7.38. The van der Waals surface area contributed by atoms with Gasteiger partial charge in [-0.1, -0.05) is 42.5 Å². The lowest BCUT2D eigenvalue weighted by Crippen LogP contribution is -2.34. The number of carbonyl (C=O) groups excluding carboxylic acids is 1. The molecule has 9 heteroatoms. The number of ether oxygens (including phenoxy) is 3. The highest BCUT2D eigenvalue weighted by Gasteiger charge is 2.31. The molecule has 0 unspecified atom stereocenters. The molecule has 0 heterocycles. The van der Waals surface area contributed by atoms with Gasteiger partial charge in [-0.05, 0) is 41.5 Å². The molecule has 0 aliphatic heterocycles. The summed E-state index contributed by atoms with van der Waals surface area (Å²) in [5.41, 5.74) is 0.897. The Morgan fingerprint density at radius 2 is 1.60 bits per heavy atom. The lowest BCUT2D eigenvalue weighted by atomic mass is 9.98. The smallest absolute Gasteiger partial charge is 0.416 e. The van der Waals surface area contributed by atoms with Crippen molar-refractivity contribution in [3.8, 4) is 11.5 Å². The van der Waals surface area contributed by atoms with Gasteiger partial charge in [0.25, 0.3) is 0 Å². The van der Waals surface area contributed by atoms with Crippen LogP contribution < -0.4 is 20.1 Å². The summed E-state index contributed by atoms with van der Waals surface area (Å²) in [5.74, 6) is 0.464. The Morgan fingerprint density at radius 1 is 0.914 bits per heavy atom. The van der Waals surface area contributed by atoms with E-state index in [1.165, 1.54) is 13.2 Å². The Kier molecular flexibility index (Phi) is 8.97. The topological polar surface area (TPSA) is 68.8 Å². The van der Waals surface area contributed by atoms with Crippen molar-refractivity contribution in [3.05, 3.63) is 89.5 Å². The van der Waals surface area contributed by atoms with E-state index in [1.54, 1.807) is 19.2 Å². The number of methoxy groups -OCH3 is 2. The Balaban J connectivity index is 1.77. The lowest BCUT2D eigenvalue weighted by Gasteiger charge is -2.21. The first-order chi connectivity index (χ1) is 16.8. The molecule has 0 spiro atoms. The van der Waals surface area contributed by atoms with Crippen LogP contribution in [0.25, 0.3) is 0 Å². The zero-order valence-corrected chi connectivity index (χ0v) is 19.4. The summed E-state index contributed by atoms with van der Waals surface area (Å²) >= 11 is 0. The normalized spacial score (nSPS) is 12.0. The molecular weight excluding hydrogens is 461 g/mol. The van der Waals surface area contributed by atoms with Gasteiger partial charge >= 0.3 is 6.18 Å². The van der Waals surface area contributed by atoms with Gasteiger partial charge in [-0.3, -0.25) is 4.79 Å². The minimum atomic E-state index is -4.53. The van der Waals surface area contributed by atoms with Crippen LogP contribution in [0.2, 0.25) is 0 Å². The fourth-order valence-electron chi connectivity index (χ4n) is 3.39. The molecule has 186 valence electrons. The number of rotatable bonds is 11. The zero-order chi connectivity index (χ0) is 25.3. The van der Waals surface area contributed by atoms with Crippen molar-refractivity contribution in [2.45, 2.75) is 12.2 Å². The van der Waals surface area contributed by atoms with Crippen LogP contribution in [0.15, 0.2) is 72.8 Å². The summed E-state index contributed by atoms with van der Waals surface area (Å²) in [4.78, 5) is 12.9. The molecule has 3 aromatic rings. The summed E-state index contributed by atoms with van der Waals surface area (Å²) in [6.45, 7) is 0.152. The SMILES string of the molecule is COCCOc1ccc(C(F)(F)F)cc1NCC(=O)N[C@H](c1ccccc1)c1ccc(OC)cc1. The van der Waals surface area contributed by atoms with Crippen LogP contribution in [-0.4, -0.2) is 39.9 Å². The number of nitrogens with one attached hydrogen (secondary N) is 2. The van der Waals surface area contributed by atoms with Crippen molar-refractivity contribution in [1.29, 1.82) is 0 Å². The molecule has 6 nitrogen and oxygen atoms in total. The molecule has 0 radical (unpaired) electrons. The number of benzene rings is 3. The summed E-state index contributed by atoms with van der Waals surface area (Å²) in [6.07, 6.45) is -4.53. The third-order valence-electron chi connectivity index (χ3n) is 5.18. The predicted molar refractivity (Wildman–Crippen MR) is 127 cm³/mol. The van der Waals surface area contributed by atoms with Crippen molar-refractivity contribution >= 4 is 11.6 Å². The number of hydrogen-bond donors (Lipinski definition) is 2. The zero-order valence-electron chi connectivity index (χ0n) is 19.4. The molecule has 0 bridgehead atoms. The second-order valence-electron chi connectivity index (χ2n) is 7.59. The second kappa shape index (κ2) is 12.1. The highest BCUT2D eigenvalue weighted by molar-refractivity contribution is 5.82. The Morgan fingerprint density at radius 3 is 2.23 bits per heavy atom. The van der Waals surface area contributed by atoms with Gasteiger partial charge in [0.1, 0.15) is 18.1 Å². The maximum Gasteiger partial charge on any atom is 0.416 e. The van der Waals surface area contributed by atoms with E-state index < -0.39 is 23.7 Å². The van der Waals surface area contributed by atoms with E-state index in [0.29, 0.717) is 5.75 Å². The largest absolute Gasteiger partial charge is 0.497 e. The van der Waals surface area contributed by atoms with Crippen molar-refractivity contribution in [3.63, 3.8) is 0 Å². The minimum Gasteiger partial charge on any atom is -0.497 e. The van der Waals surface area contributed by atoms with E-state index in [9.17, 15) is 18.0 Å². The van der Waals surface area contributed by atoms with Crippen LogP contribution >= 0.6 is 0 Å². The van der Waals surface area contributed by atoms with E-state index in [-0.39, 0.29) is 31.2 Å². The number of carbonyl (C=O) groups is 1. The molecule has 3 aromatic carbocycles. The quantitative estimate of drug-likeness (QED) is 0.370. The number of hydrogen-bond acceptors (Lipinski definition) is 5. The van der Waals surface area contributed by atoms with Gasteiger partial charge in [-0.15, -0.1) is 0 Å². The third-order valence-corrected chi connectivity index (χ3v) is 5.18. The van der Waals surface area contributed by atoms with E-state index in [1.807, 2.05) is 42.5 Å². The fourth-order valence-corrected chi connectivity index (χ4v) is 3.39. The Bertz CT molecular complexity index is 1090. The Labute approximate surface area is 202 Å². The van der Waals surface area contributed by atoms with Crippen LogP contribution in [0.4, 0.5) is 18.9 Å². The van der Waals surface area contributed by atoms with Crippen LogP contribution in [0.5, 0.6) is 11.5 Å². The van der Waals surface area contributed by atoms with Crippen LogP contribution in [-0.2, 0) is 15.7 Å². The van der Waals surface area contributed by atoms with Crippen LogP contribution in [0, 0.1) is 0 Å². The molecule has 0 saturated carbocycles. The molecule has 0 aliphatic rings. The maximum atomic E-state index is 13.2. The Hall–Kier alpha value is -3.72. The van der Waals surface area contributed by atoms with Crippen molar-refractivity contribution in [2.24, 2.45) is 0 Å². The van der Waals surface area contributed by atoms with Crippen LogP contribution in [0.3, 0.4) is 0 Å². The number of anilines is 1. The molecule has 1 atom stereocenters. The predicted octanol–water partition coefficient (Wildman–Crippen LogP) is 5.06. The molecule has 3 rings (SSSR count). The molecule has 2 N–H and O–H groups in total. The van der Waals surface area contributed by atoms with Gasteiger partial charge in [-0.2, -0.15) is 13.2 Å². The highest BCUT2D eigenvalue weighted by Crippen LogP contribution is 2.35. The van der Waals surface area contributed by atoms with Gasteiger partial charge in [0.15, 0.2) is 0 Å². The summed E-state index contributed by atoms with van der Waals surface area (Å²) in [7, 11) is 3.06. The van der Waals surface area contributed by atoms with Crippen molar-refractivity contribution in [1.82, 2.24) is 5.32 Å². The molecule has 1 amide bonds. The molecule has 0 saturated heterocycles. The number of halogens is 3. The van der Waals surface area contributed by atoms with E-state index in [4.69, 9.17) is 14.2 Å². The monoisotopic (exact) mass is 488 g/mol. The van der Waals surface area contributed by atoms with E-state index >= 15 is 0 Å². The molecule has 0 aromatic heterocycles. The first-order valence-corrected chi connectivity index (χ1v) is 10.9. The van der Waals surface area contributed by atoms with E-state index in [2.05, 4.69) is 10.6 Å². The van der Waals surface area contributed by atoms with Crippen molar-refractivity contribution in [2.75, 3.05) is 39.3 Å². The summed E-state index contributed by atoms with van der Waals surface area (Å²) in [6, 6.07) is 19.3. The van der Waals surface area contributed by atoms with Crippen LogP contribution in [0.1, 0.15) is 22.7 Å². The highest BCUT2D eigenvalue weighted by atomic mass is 19.4. The minimum absolute atomic E-state index is 0.0618. The van der Waals surface area contributed by atoms with Gasteiger partial charge < -0.3 is 24.8 Å². The lowest BCUT2D eigenvalue weighted by molar-refractivity contribution is -0.137. The molecule has 0 aliphatic carbocycles. The number of alkyl halides is 3. The first-order valence-electron chi connectivity index (χ1n) is 10.9. The second-order valence-corrected chi connectivity index (χ2v) is 7.59. The average molecular weight is 489 g/mol. The fraction of sp³-hybridized carbons (Fsp3) is 0.269. The molecule has 35 heavy (non-hydrogen) atoms.